The Morgan fingerprint density at radius 1 is 1.58 bits per heavy atom. The SMILES string of the molecule is CCC1(C)NC(c2cccs2)N(CC2CC2C)C1=O. The molecule has 4 unspecified atom stereocenters. The van der Waals surface area contributed by atoms with Crippen molar-refractivity contribution in [2.45, 2.75) is 45.3 Å². The minimum absolute atomic E-state index is 0.0743. The quantitative estimate of drug-likeness (QED) is 0.918. The van der Waals surface area contributed by atoms with E-state index < -0.39 is 5.54 Å². The second-order valence-corrected chi connectivity index (χ2v) is 7.16. The number of nitrogens with one attached hydrogen (secondary N) is 1. The molecule has 1 saturated carbocycles. The first-order valence-electron chi connectivity index (χ1n) is 7.17. The fraction of sp³-hybridized carbons (Fsp3) is 0.667. The summed E-state index contributed by atoms with van der Waals surface area (Å²) >= 11 is 1.73. The lowest BCUT2D eigenvalue weighted by atomic mass is 9.99. The highest BCUT2D eigenvalue weighted by atomic mass is 32.1. The van der Waals surface area contributed by atoms with Crippen LogP contribution in [0.4, 0.5) is 0 Å². The molecule has 0 radical (unpaired) electrons. The lowest BCUT2D eigenvalue weighted by Crippen LogP contribution is -2.43. The predicted molar refractivity (Wildman–Crippen MR) is 77.9 cm³/mol. The highest BCUT2D eigenvalue weighted by Crippen LogP contribution is 2.42. The van der Waals surface area contributed by atoms with Crippen LogP contribution < -0.4 is 5.32 Å². The van der Waals surface area contributed by atoms with E-state index in [9.17, 15) is 4.79 Å². The first-order chi connectivity index (χ1) is 9.05. The van der Waals surface area contributed by atoms with Gasteiger partial charge in [-0.1, -0.05) is 19.9 Å². The summed E-state index contributed by atoms with van der Waals surface area (Å²) in [6, 6.07) is 4.19. The summed E-state index contributed by atoms with van der Waals surface area (Å²) in [5.41, 5.74) is -0.396. The van der Waals surface area contributed by atoms with Crippen LogP contribution >= 0.6 is 11.3 Å². The molecule has 3 rings (SSSR count). The van der Waals surface area contributed by atoms with Crippen LogP contribution in [-0.2, 0) is 4.79 Å². The van der Waals surface area contributed by atoms with Crippen LogP contribution in [0.3, 0.4) is 0 Å². The van der Waals surface area contributed by atoms with E-state index in [2.05, 4.69) is 41.6 Å². The van der Waals surface area contributed by atoms with E-state index in [0.29, 0.717) is 5.92 Å². The topological polar surface area (TPSA) is 32.3 Å². The van der Waals surface area contributed by atoms with Gasteiger partial charge >= 0.3 is 0 Å². The summed E-state index contributed by atoms with van der Waals surface area (Å²) in [7, 11) is 0. The number of hydrogen-bond donors (Lipinski definition) is 1. The second kappa shape index (κ2) is 4.60. The molecular formula is C15H22N2OS. The van der Waals surface area contributed by atoms with Gasteiger partial charge in [0.2, 0.25) is 5.91 Å². The molecule has 2 heterocycles. The maximum Gasteiger partial charge on any atom is 0.244 e. The van der Waals surface area contributed by atoms with Gasteiger partial charge in [-0.2, -0.15) is 0 Å². The van der Waals surface area contributed by atoms with Crippen LogP contribution in [0.2, 0.25) is 0 Å². The Kier molecular flexibility index (Phi) is 3.18. The molecule has 0 spiro atoms. The average molecular weight is 278 g/mol. The number of carbonyl (C=O) groups excluding carboxylic acids is 1. The molecule has 104 valence electrons. The Bertz CT molecular complexity index is 472. The fourth-order valence-electron chi connectivity index (χ4n) is 2.89. The van der Waals surface area contributed by atoms with E-state index in [-0.39, 0.29) is 12.1 Å². The van der Waals surface area contributed by atoms with E-state index >= 15 is 0 Å². The van der Waals surface area contributed by atoms with E-state index in [1.807, 2.05) is 6.92 Å². The van der Waals surface area contributed by atoms with E-state index in [1.54, 1.807) is 11.3 Å². The van der Waals surface area contributed by atoms with Gasteiger partial charge in [0.25, 0.3) is 0 Å². The first kappa shape index (κ1) is 13.1. The van der Waals surface area contributed by atoms with Crippen molar-refractivity contribution in [1.29, 1.82) is 0 Å². The fourth-order valence-corrected chi connectivity index (χ4v) is 3.68. The number of rotatable bonds is 4. The smallest absolute Gasteiger partial charge is 0.244 e. The van der Waals surface area contributed by atoms with Gasteiger partial charge in [-0.15, -0.1) is 11.3 Å². The van der Waals surface area contributed by atoms with Gasteiger partial charge in [-0.25, -0.2) is 0 Å². The van der Waals surface area contributed by atoms with Gasteiger partial charge in [-0.05, 0) is 43.0 Å². The van der Waals surface area contributed by atoms with Crippen molar-refractivity contribution in [3.05, 3.63) is 22.4 Å². The molecule has 1 amide bonds. The highest BCUT2D eigenvalue weighted by Gasteiger charge is 2.49. The van der Waals surface area contributed by atoms with Crippen LogP contribution in [0.5, 0.6) is 0 Å². The molecule has 3 nitrogen and oxygen atoms in total. The monoisotopic (exact) mass is 278 g/mol. The molecule has 19 heavy (non-hydrogen) atoms. The number of amides is 1. The van der Waals surface area contributed by atoms with Crippen molar-refractivity contribution >= 4 is 17.2 Å². The Hall–Kier alpha value is -0.870. The van der Waals surface area contributed by atoms with Crippen molar-refractivity contribution in [3.8, 4) is 0 Å². The molecule has 1 aliphatic carbocycles. The standard InChI is InChI=1S/C15H22N2OS/c1-4-15(3)14(18)17(9-11-8-10(11)2)13(16-15)12-6-5-7-19-12/h5-7,10-11,13,16H,4,8-9H2,1-3H3. The van der Waals surface area contributed by atoms with Crippen LogP contribution in [0.25, 0.3) is 0 Å². The van der Waals surface area contributed by atoms with E-state index in [0.717, 1.165) is 18.9 Å². The zero-order chi connectivity index (χ0) is 13.6. The number of thiophene rings is 1. The van der Waals surface area contributed by atoms with E-state index in [1.165, 1.54) is 11.3 Å². The molecule has 1 saturated heterocycles. The van der Waals surface area contributed by atoms with Crippen molar-refractivity contribution in [3.63, 3.8) is 0 Å². The normalized spacial score (nSPS) is 37.9. The minimum Gasteiger partial charge on any atom is -0.320 e. The molecule has 4 heteroatoms. The molecule has 1 aliphatic heterocycles. The third kappa shape index (κ3) is 2.21. The zero-order valence-corrected chi connectivity index (χ0v) is 12.7. The third-order valence-corrected chi connectivity index (χ3v) is 5.65. The lowest BCUT2D eigenvalue weighted by molar-refractivity contribution is -0.133. The van der Waals surface area contributed by atoms with Crippen LogP contribution in [0.1, 0.15) is 44.7 Å². The number of nitrogens with zero attached hydrogens (tertiary/aromatic N) is 1. The molecule has 1 N–H and O–H groups in total. The molecule has 4 atom stereocenters. The Labute approximate surface area is 119 Å². The van der Waals surface area contributed by atoms with Crippen molar-refractivity contribution < 1.29 is 4.79 Å². The summed E-state index contributed by atoms with van der Waals surface area (Å²) in [5.74, 6) is 1.75. The lowest BCUT2D eigenvalue weighted by Gasteiger charge is -2.23. The van der Waals surface area contributed by atoms with Crippen LogP contribution in [0, 0.1) is 11.8 Å². The highest BCUT2D eigenvalue weighted by molar-refractivity contribution is 7.10. The molecule has 1 aromatic heterocycles. The van der Waals surface area contributed by atoms with Crippen molar-refractivity contribution in [2.75, 3.05) is 6.54 Å². The van der Waals surface area contributed by atoms with E-state index in [4.69, 9.17) is 0 Å². The maximum absolute atomic E-state index is 12.7. The van der Waals surface area contributed by atoms with Gasteiger partial charge in [-0.3, -0.25) is 10.1 Å². The average Bonchev–Trinajstić information content (AvgIpc) is 2.83. The van der Waals surface area contributed by atoms with Gasteiger partial charge in [0.05, 0.1) is 5.54 Å². The number of hydrogen-bond acceptors (Lipinski definition) is 3. The van der Waals surface area contributed by atoms with Gasteiger partial charge in [0.1, 0.15) is 6.17 Å². The molecule has 1 aromatic rings. The largest absolute Gasteiger partial charge is 0.320 e. The summed E-state index contributed by atoms with van der Waals surface area (Å²) in [4.78, 5) is 16.0. The molecule has 0 aromatic carbocycles. The zero-order valence-electron chi connectivity index (χ0n) is 11.8. The maximum atomic E-state index is 12.7. The van der Waals surface area contributed by atoms with Gasteiger partial charge < -0.3 is 4.90 Å². The molecule has 0 bridgehead atoms. The van der Waals surface area contributed by atoms with Gasteiger partial charge in [0, 0.05) is 11.4 Å². The molecule has 2 fully saturated rings. The van der Waals surface area contributed by atoms with Crippen molar-refractivity contribution in [1.82, 2.24) is 10.2 Å². The molecule has 2 aliphatic rings. The summed E-state index contributed by atoms with van der Waals surface area (Å²) < 4.78 is 0. The van der Waals surface area contributed by atoms with Crippen LogP contribution in [0.15, 0.2) is 17.5 Å². The summed E-state index contributed by atoms with van der Waals surface area (Å²) in [5, 5.41) is 5.64. The minimum atomic E-state index is -0.396. The number of carbonyl (C=O) groups is 1. The van der Waals surface area contributed by atoms with Crippen LogP contribution in [-0.4, -0.2) is 22.9 Å². The second-order valence-electron chi connectivity index (χ2n) is 6.18. The Morgan fingerprint density at radius 3 is 2.84 bits per heavy atom. The Morgan fingerprint density at radius 2 is 2.32 bits per heavy atom. The summed E-state index contributed by atoms with van der Waals surface area (Å²) in [6.45, 7) is 7.30. The van der Waals surface area contributed by atoms with Gasteiger partial charge in [0.15, 0.2) is 0 Å². The summed E-state index contributed by atoms with van der Waals surface area (Å²) in [6.07, 6.45) is 2.18. The molecular weight excluding hydrogens is 256 g/mol. The first-order valence-corrected chi connectivity index (χ1v) is 8.05. The van der Waals surface area contributed by atoms with Crippen molar-refractivity contribution in [2.24, 2.45) is 11.8 Å². The Balaban J connectivity index is 1.85. The third-order valence-electron chi connectivity index (χ3n) is 4.73. The predicted octanol–water partition coefficient (Wildman–Crippen LogP) is 3.00.